The van der Waals surface area contributed by atoms with Gasteiger partial charge in [-0.05, 0) is 13.1 Å². The van der Waals surface area contributed by atoms with Crippen LogP contribution in [0.15, 0.2) is 24.3 Å². The van der Waals surface area contributed by atoms with Crippen LogP contribution in [0.4, 0.5) is 0 Å². The fourth-order valence-corrected chi connectivity index (χ4v) is 1.87. The van der Waals surface area contributed by atoms with E-state index in [9.17, 15) is 0 Å². The Hall–Kier alpha value is -1.57. The molecule has 0 saturated carbocycles. The fraction of sp³-hybridized carbons (Fsp3) is 0.462. The van der Waals surface area contributed by atoms with Gasteiger partial charge in [-0.1, -0.05) is 18.2 Å². The van der Waals surface area contributed by atoms with Crippen molar-refractivity contribution in [3.63, 3.8) is 0 Å². The van der Waals surface area contributed by atoms with Crippen molar-refractivity contribution in [2.75, 3.05) is 27.2 Å². The topological polar surface area (TPSA) is 62.3 Å². The summed E-state index contributed by atoms with van der Waals surface area (Å²) >= 11 is 0. The highest BCUT2D eigenvalue weighted by molar-refractivity contribution is 5.36. The van der Waals surface area contributed by atoms with Gasteiger partial charge in [0.2, 0.25) is 0 Å². The molecule has 17 heavy (non-hydrogen) atoms. The Labute approximate surface area is 103 Å². The number of hydrogen-bond acceptors (Lipinski definition) is 4. The normalized spacial score (nSPS) is 12.2. The van der Waals surface area contributed by atoms with Crippen molar-refractivity contribution in [3.8, 4) is 11.8 Å². The van der Waals surface area contributed by atoms with Gasteiger partial charge in [-0.3, -0.25) is 4.90 Å². The van der Waals surface area contributed by atoms with Crippen LogP contribution in [0.5, 0.6) is 5.75 Å². The number of rotatable bonds is 6. The van der Waals surface area contributed by atoms with Crippen molar-refractivity contribution in [1.82, 2.24) is 4.90 Å². The lowest BCUT2D eigenvalue weighted by molar-refractivity contribution is 0.249. The minimum atomic E-state index is 0.0829. The number of nitrogens with zero attached hydrogens (tertiary/aromatic N) is 2. The number of methoxy groups -OCH3 is 1. The highest BCUT2D eigenvalue weighted by atomic mass is 16.5. The van der Waals surface area contributed by atoms with Crippen LogP contribution >= 0.6 is 0 Å². The zero-order valence-electron chi connectivity index (χ0n) is 10.4. The first kappa shape index (κ1) is 13.5. The van der Waals surface area contributed by atoms with Gasteiger partial charge in [-0.2, -0.15) is 5.26 Å². The maximum Gasteiger partial charge on any atom is 0.123 e. The van der Waals surface area contributed by atoms with Crippen LogP contribution in [0, 0.1) is 11.3 Å². The van der Waals surface area contributed by atoms with Gasteiger partial charge in [0.25, 0.3) is 0 Å². The lowest BCUT2D eigenvalue weighted by Crippen LogP contribution is -2.31. The number of ether oxygens (including phenoxy) is 1. The summed E-state index contributed by atoms with van der Waals surface area (Å²) in [7, 11) is 3.63. The molecular weight excluding hydrogens is 214 g/mol. The van der Waals surface area contributed by atoms with E-state index in [1.807, 2.05) is 31.3 Å². The third kappa shape index (κ3) is 3.45. The lowest BCUT2D eigenvalue weighted by Gasteiger charge is -2.27. The van der Waals surface area contributed by atoms with Crippen LogP contribution in [0.3, 0.4) is 0 Å². The molecule has 0 fully saturated rings. The maximum atomic E-state index is 8.61. The average Bonchev–Trinajstić information content (AvgIpc) is 2.37. The summed E-state index contributed by atoms with van der Waals surface area (Å²) in [6.45, 7) is 1.21. The van der Waals surface area contributed by atoms with Gasteiger partial charge in [0, 0.05) is 25.1 Å². The first-order chi connectivity index (χ1) is 8.24. The first-order valence-electron chi connectivity index (χ1n) is 5.64. The number of benzene rings is 1. The van der Waals surface area contributed by atoms with E-state index < -0.39 is 0 Å². The van der Waals surface area contributed by atoms with E-state index in [-0.39, 0.29) is 6.04 Å². The zero-order chi connectivity index (χ0) is 12.7. The number of nitrogens with two attached hydrogens (primary N) is 1. The molecule has 1 rings (SSSR count). The minimum Gasteiger partial charge on any atom is -0.496 e. The van der Waals surface area contributed by atoms with Crippen molar-refractivity contribution < 1.29 is 4.74 Å². The Kier molecular flexibility index (Phi) is 5.47. The predicted molar refractivity (Wildman–Crippen MR) is 67.6 cm³/mol. The van der Waals surface area contributed by atoms with Gasteiger partial charge in [-0.25, -0.2) is 0 Å². The van der Waals surface area contributed by atoms with Crippen LogP contribution in [0.25, 0.3) is 0 Å². The summed E-state index contributed by atoms with van der Waals surface area (Å²) in [5, 5.41) is 8.61. The Morgan fingerprint density at radius 2 is 2.18 bits per heavy atom. The second kappa shape index (κ2) is 6.89. The van der Waals surface area contributed by atoms with Gasteiger partial charge < -0.3 is 10.5 Å². The highest BCUT2D eigenvalue weighted by Gasteiger charge is 2.18. The molecule has 0 aromatic heterocycles. The molecule has 0 aliphatic rings. The molecule has 0 bridgehead atoms. The minimum absolute atomic E-state index is 0.0829. The molecule has 1 aromatic rings. The van der Waals surface area contributed by atoms with Crippen LogP contribution in [0.2, 0.25) is 0 Å². The van der Waals surface area contributed by atoms with Crippen molar-refractivity contribution >= 4 is 0 Å². The zero-order valence-corrected chi connectivity index (χ0v) is 10.4. The molecule has 92 valence electrons. The van der Waals surface area contributed by atoms with Crippen LogP contribution < -0.4 is 10.5 Å². The molecule has 0 aliphatic carbocycles. The molecule has 0 spiro atoms. The second-order valence-corrected chi connectivity index (χ2v) is 3.88. The number of nitriles is 1. The SMILES string of the molecule is COc1ccccc1C(CN)N(C)CCC#N. The summed E-state index contributed by atoms with van der Waals surface area (Å²) in [6.07, 6.45) is 0.502. The third-order valence-corrected chi connectivity index (χ3v) is 2.83. The first-order valence-corrected chi connectivity index (χ1v) is 5.64. The van der Waals surface area contributed by atoms with Crippen molar-refractivity contribution in [1.29, 1.82) is 5.26 Å². The van der Waals surface area contributed by atoms with E-state index in [1.54, 1.807) is 7.11 Å². The largest absolute Gasteiger partial charge is 0.496 e. The molecule has 2 N–H and O–H groups in total. The molecule has 1 aromatic carbocycles. The maximum absolute atomic E-state index is 8.61. The number of likely N-dealkylation sites (N-methyl/N-ethyl adjacent to an activating group) is 1. The standard InChI is InChI=1S/C13H19N3O/c1-16(9-5-8-14)12(10-15)11-6-3-4-7-13(11)17-2/h3-4,6-7,12H,5,9-10,15H2,1-2H3. The van der Waals surface area contributed by atoms with E-state index in [0.29, 0.717) is 19.5 Å². The average molecular weight is 233 g/mol. The van der Waals surface area contributed by atoms with Crippen molar-refractivity contribution in [2.45, 2.75) is 12.5 Å². The Morgan fingerprint density at radius 1 is 1.47 bits per heavy atom. The molecule has 0 amide bonds. The summed E-state index contributed by atoms with van der Waals surface area (Å²) in [6, 6.07) is 10.1. The molecule has 1 unspecified atom stereocenters. The monoisotopic (exact) mass is 233 g/mol. The van der Waals surface area contributed by atoms with E-state index in [1.165, 1.54) is 0 Å². The van der Waals surface area contributed by atoms with E-state index in [0.717, 1.165) is 11.3 Å². The summed E-state index contributed by atoms with van der Waals surface area (Å²) < 4.78 is 5.34. The van der Waals surface area contributed by atoms with Crippen LogP contribution in [0.1, 0.15) is 18.0 Å². The molecule has 0 heterocycles. The fourth-order valence-electron chi connectivity index (χ4n) is 1.87. The smallest absolute Gasteiger partial charge is 0.123 e. The quantitative estimate of drug-likeness (QED) is 0.809. The molecule has 1 atom stereocenters. The highest BCUT2D eigenvalue weighted by Crippen LogP contribution is 2.27. The van der Waals surface area contributed by atoms with E-state index in [2.05, 4.69) is 11.0 Å². The van der Waals surface area contributed by atoms with Gasteiger partial charge in [0.1, 0.15) is 5.75 Å². The third-order valence-electron chi connectivity index (χ3n) is 2.83. The van der Waals surface area contributed by atoms with Gasteiger partial charge >= 0.3 is 0 Å². The van der Waals surface area contributed by atoms with Crippen LogP contribution in [-0.2, 0) is 0 Å². The molecule has 0 aliphatic heterocycles. The Balaban J connectivity index is 2.89. The lowest BCUT2D eigenvalue weighted by atomic mass is 10.0. The van der Waals surface area contributed by atoms with Gasteiger partial charge in [0.05, 0.1) is 19.2 Å². The Bertz CT molecular complexity index is 386. The summed E-state index contributed by atoms with van der Waals surface area (Å²) in [5.41, 5.74) is 6.89. The van der Waals surface area contributed by atoms with Crippen LogP contribution in [-0.4, -0.2) is 32.1 Å². The number of para-hydroxylation sites is 1. The summed E-state index contributed by atoms with van der Waals surface area (Å²) in [4.78, 5) is 2.08. The second-order valence-electron chi connectivity index (χ2n) is 3.88. The van der Waals surface area contributed by atoms with Gasteiger partial charge in [0.15, 0.2) is 0 Å². The van der Waals surface area contributed by atoms with Crippen molar-refractivity contribution in [2.24, 2.45) is 5.73 Å². The molecule has 0 saturated heterocycles. The van der Waals surface area contributed by atoms with E-state index in [4.69, 9.17) is 15.7 Å². The Morgan fingerprint density at radius 3 is 2.76 bits per heavy atom. The molecular formula is C13H19N3O. The van der Waals surface area contributed by atoms with Gasteiger partial charge in [-0.15, -0.1) is 0 Å². The van der Waals surface area contributed by atoms with Crippen molar-refractivity contribution in [3.05, 3.63) is 29.8 Å². The molecule has 0 radical (unpaired) electrons. The molecule has 4 nitrogen and oxygen atoms in total. The summed E-state index contributed by atoms with van der Waals surface area (Å²) in [5.74, 6) is 0.840. The molecule has 4 heteroatoms. The predicted octanol–water partition coefficient (Wildman–Crippen LogP) is 1.54. The van der Waals surface area contributed by atoms with E-state index >= 15 is 0 Å². The number of hydrogen-bond donors (Lipinski definition) is 1.